The van der Waals surface area contributed by atoms with Crippen molar-refractivity contribution in [2.24, 2.45) is 0 Å². The molecule has 16 heteroatoms. The number of pyridine rings is 1. The van der Waals surface area contributed by atoms with Gasteiger partial charge in [0.25, 0.3) is 5.91 Å². The minimum Gasteiger partial charge on any atom is -0.493 e. The van der Waals surface area contributed by atoms with Crippen LogP contribution in [0.3, 0.4) is 0 Å². The fraction of sp³-hybridized carbons (Fsp3) is 0.413. The minimum atomic E-state index is -4.47. The number of alkyl halides is 3. The average molecular weight is 873 g/mol. The number of benzene rings is 3. The Bertz CT molecular complexity index is 2400. The average Bonchev–Trinajstić information content (AvgIpc) is 3.64. The summed E-state index contributed by atoms with van der Waals surface area (Å²) in [6.45, 7) is 10.3. The third-order valence-corrected chi connectivity index (χ3v) is 11.8. The number of piperazine rings is 1. The largest absolute Gasteiger partial charge is 0.493 e. The van der Waals surface area contributed by atoms with Crippen LogP contribution in [0.5, 0.6) is 5.75 Å². The Morgan fingerprint density at radius 2 is 1.71 bits per heavy atom. The van der Waals surface area contributed by atoms with E-state index in [9.17, 15) is 27.6 Å². The number of nitrogens with one attached hydrogen (secondary N) is 1. The number of anilines is 2. The molecular weight excluding hydrogens is 822 g/mol. The summed E-state index contributed by atoms with van der Waals surface area (Å²) in [6.07, 6.45) is -3.48. The van der Waals surface area contributed by atoms with Gasteiger partial charge in [-0.2, -0.15) is 13.2 Å². The lowest BCUT2D eigenvalue weighted by molar-refractivity contribution is -0.198. The zero-order valence-corrected chi connectivity index (χ0v) is 36.3. The molecule has 2 aromatic heterocycles. The number of amides is 1. The fourth-order valence-electron chi connectivity index (χ4n) is 7.90. The molecule has 1 saturated heterocycles. The second-order valence-electron chi connectivity index (χ2n) is 16.4. The molecule has 4 heterocycles. The zero-order valence-electron chi connectivity index (χ0n) is 35.5. The van der Waals surface area contributed by atoms with Crippen molar-refractivity contribution in [3.05, 3.63) is 101 Å². The molecule has 1 N–H and O–H groups in total. The van der Waals surface area contributed by atoms with Crippen LogP contribution in [-0.2, 0) is 27.2 Å². The van der Waals surface area contributed by atoms with Crippen molar-refractivity contribution in [2.45, 2.75) is 71.8 Å². The molecule has 1 amide bonds. The first-order valence-electron chi connectivity index (χ1n) is 20.8. The first-order valence-corrected chi connectivity index (χ1v) is 21.6. The van der Waals surface area contributed by atoms with Gasteiger partial charge in [-0.15, -0.1) is 0 Å². The summed E-state index contributed by atoms with van der Waals surface area (Å²) in [6, 6.07) is 20.9. The van der Waals surface area contributed by atoms with Crippen molar-refractivity contribution < 1.29 is 41.8 Å². The lowest BCUT2D eigenvalue weighted by atomic mass is 9.94. The smallest absolute Gasteiger partial charge is 0.405 e. The Labute approximate surface area is 363 Å². The van der Waals surface area contributed by atoms with Crippen LogP contribution in [-0.4, -0.2) is 108 Å². The molecule has 0 saturated carbocycles. The zero-order chi connectivity index (χ0) is 44.2. The van der Waals surface area contributed by atoms with E-state index in [0.717, 1.165) is 26.9 Å². The lowest BCUT2D eigenvalue weighted by Gasteiger charge is -2.41. The number of thiazole rings is 1. The third kappa shape index (κ3) is 10.5. The number of fused-ring (bicyclic) bond motifs is 2. The highest BCUT2D eigenvalue weighted by atomic mass is 32.1. The quantitative estimate of drug-likeness (QED) is 0.0907. The van der Waals surface area contributed by atoms with Crippen LogP contribution in [0.25, 0.3) is 21.3 Å². The van der Waals surface area contributed by atoms with E-state index in [1.165, 1.54) is 21.1 Å². The number of hydrogen-bond acceptors (Lipinski definition) is 12. The topological polar surface area (TPSA) is 126 Å². The van der Waals surface area contributed by atoms with Crippen LogP contribution >= 0.6 is 11.3 Å². The van der Waals surface area contributed by atoms with Crippen LogP contribution in [0.4, 0.5) is 24.1 Å². The first-order chi connectivity index (χ1) is 29.6. The van der Waals surface area contributed by atoms with Crippen LogP contribution in [0.2, 0.25) is 0 Å². The molecule has 0 spiro atoms. The number of esters is 2. The highest BCUT2D eigenvalue weighted by Gasteiger charge is 2.46. The summed E-state index contributed by atoms with van der Waals surface area (Å²) in [5.41, 5.74) is 4.54. The molecule has 5 aromatic rings. The maximum Gasteiger partial charge on any atom is 0.405 e. The monoisotopic (exact) mass is 872 g/mol. The molecular formula is C46H51F3N6O6S. The summed E-state index contributed by atoms with van der Waals surface area (Å²) in [4.78, 5) is 54.0. The number of ether oxygens (including phenoxy) is 3. The Hall–Kier alpha value is -5.58. The summed E-state index contributed by atoms with van der Waals surface area (Å²) < 4.78 is 60.3. The van der Waals surface area contributed by atoms with Crippen molar-refractivity contribution in [2.75, 3.05) is 62.7 Å². The molecule has 0 bridgehead atoms. The maximum atomic E-state index is 14.1. The molecule has 328 valence electrons. The van der Waals surface area contributed by atoms with E-state index in [4.69, 9.17) is 19.2 Å². The van der Waals surface area contributed by atoms with Gasteiger partial charge in [-0.1, -0.05) is 47.7 Å². The summed E-state index contributed by atoms with van der Waals surface area (Å²) in [7, 11) is 0. The highest BCUT2D eigenvalue weighted by Crippen LogP contribution is 2.36. The molecule has 3 aromatic carbocycles. The Morgan fingerprint density at radius 3 is 2.47 bits per heavy atom. The predicted octanol–water partition coefficient (Wildman–Crippen LogP) is 8.32. The van der Waals surface area contributed by atoms with Gasteiger partial charge in [0.1, 0.15) is 23.2 Å². The maximum absolute atomic E-state index is 14.1. The summed E-state index contributed by atoms with van der Waals surface area (Å²) in [5, 5.41) is 3.50. The Kier molecular flexibility index (Phi) is 13.5. The summed E-state index contributed by atoms with van der Waals surface area (Å²) >= 11 is 1.41. The number of aromatic nitrogens is 2. The second-order valence-corrected chi connectivity index (χ2v) is 17.4. The number of nitrogens with zero attached hydrogens (tertiary/aromatic N) is 5. The van der Waals surface area contributed by atoms with E-state index in [2.05, 4.69) is 10.3 Å². The van der Waals surface area contributed by atoms with Crippen molar-refractivity contribution in [1.29, 1.82) is 0 Å². The number of carbonyl (C=O) groups excluding carboxylic acids is 3. The standard InChI is InChI=1S/C46H51F3N6O6S/c1-6-59-40(56)28-53-23-24-54(38(27-53)46(47,48)49)21-11-25-60-36-16-10-13-31(29(36)2)32-18-19-39(51-41(32)43(58)61-45(3,4)5)55-22-20-30-12-9-14-33(34(30)26-55)42(57)52-44-50-35-15-7-8-17-37(35)62-44/h7-10,12-19,38H,6,11,20-28H2,1-5H3,(H,50,52,57)/t38-/m1/s1. The van der Waals surface area contributed by atoms with E-state index in [0.29, 0.717) is 65.9 Å². The van der Waals surface area contributed by atoms with E-state index in [1.807, 2.05) is 72.5 Å². The fourth-order valence-corrected chi connectivity index (χ4v) is 8.76. The Balaban J connectivity index is 1.07. The van der Waals surface area contributed by atoms with Gasteiger partial charge in [0.05, 0.1) is 30.0 Å². The molecule has 12 nitrogen and oxygen atoms in total. The van der Waals surface area contributed by atoms with E-state index >= 15 is 0 Å². The molecule has 2 aliphatic heterocycles. The second kappa shape index (κ2) is 18.8. The van der Waals surface area contributed by atoms with Gasteiger partial charge in [0.2, 0.25) is 0 Å². The number of rotatable bonds is 13. The minimum absolute atomic E-state index is 0.116. The van der Waals surface area contributed by atoms with Gasteiger partial charge in [0, 0.05) is 50.4 Å². The SMILES string of the molecule is CCOC(=O)CN1CCN(CCCOc2cccc(-c3ccc(N4CCc5cccc(C(=O)Nc6nc7ccccc7s6)c5C4)nc3C(=O)OC(C)(C)C)c2C)[C@@H](C(F)(F)F)C1. The van der Waals surface area contributed by atoms with Crippen molar-refractivity contribution >= 4 is 50.3 Å². The van der Waals surface area contributed by atoms with Crippen molar-refractivity contribution in [3.63, 3.8) is 0 Å². The van der Waals surface area contributed by atoms with Gasteiger partial charge >= 0.3 is 18.1 Å². The van der Waals surface area contributed by atoms with Gasteiger partial charge in [-0.3, -0.25) is 24.7 Å². The van der Waals surface area contributed by atoms with Crippen LogP contribution < -0.4 is 15.0 Å². The lowest BCUT2D eigenvalue weighted by Crippen LogP contribution is -2.59. The molecule has 7 rings (SSSR count). The summed E-state index contributed by atoms with van der Waals surface area (Å²) in [5.74, 6) is -0.322. The van der Waals surface area contributed by atoms with E-state index in [-0.39, 0.29) is 51.0 Å². The number of para-hydroxylation sites is 1. The molecule has 0 unspecified atom stereocenters. The number of carbonyl (C=O) groups is 3. The molecule has 62 heavy (non-hydrogen) atoms. The predicted molar refractivity (Wildman–Crippen MR) is 233 cm³/mol. The van der Waals surface area contributed by atoms with E-state index < -0.39 is 29.8 Å². The third-order valence-electron chi connectivity index (χ3n) is 10.9. The van der Waals surface area contributed by atoms with Crippen molar-refractivity contribution in [3.8, 4) is 16.9 Å². The molecule has 1 fully saturated rings. The van der Waals surface area contributed by atoms with Crippen LogP contribution in [0.1, 0.15) is 71.7 Å². The normalized spacial score (nSPS) is 16.2. The highest BCUT2D eigenvalue weighted by molar-refractivity contribution is 7.22. The molecule has 0 radical (unpaired) electrons. The number of halogens is 3. The Morgan fingerprint density at radius 1 is 0.919 bits per heavy atom. The molecule has 0 aliphatic carbocycles. The van der Waals surface area contributed by atoms with Crippen LogP contribution in [0.15, 0.2) is 72.8 Å². The number of hydrogen-bond donors (Lipinski definition) is 1. The van der Waals surface area contributed by atoms with Crippen LogP contribution in [0, 0.1) is 6.92 Å². The van der Waals surface area contributed by atoms with Gasteiger partial charge in [0.15, 0.2) is 10.8 Å². The molecule has 1 atom stereocenters. The van der Waals surface area contributed by atoms with Gasteiger partial charge < -0.3 is 19.1 Å². The van der Waals surface area contributed by atoms with E-state index in [1.54, 1.807) is 39.8 Å². The van der Waals surface area contributed by atoms with Gasteiger partial charge in [-0.25, -0.2) is 14.8 Å². The van der Waals surface area contributed by atoms with Crippen molar-refractivity contribution in [1.82, 2.24) is 19.8 Å². The molecule has 2 aliphatic rings. The first kappa shape index (κ1) is 44.5. The van der Waals surface area contributed by atoms with Gasteiger partial charge in [-0.05, 0) is 106 Å².